The number of H-pyrrole nitrogens is 1. The summed E-state index contributed by atoms with van der Waals surface area (Å²) in [7, 11) is 0. The second-order valence-electron chi connectivity index (χ2n) is 7.03. The molecule has 0 spiro atoms. The first-order valence-corrected chi connectivity index (χ1v) is 9.36. The maximum atomic E-state index is 13.4. The molecule has 1 aliphatic rings. The molecule has 0 saturated heterocycles. The zero-order valence-corrected chi connectivity index (χ0v) is 15.6. The number of halogens is 1. The molecule has 1 aromatic heterocycles. The number of benzene rings is 3. The summed E-state index contributed by atoms with van der Waals surface area (Å²) < 4.78 is 13.4. The molecule has 0 saturated carbocycles. The van der Waals surface area contributed by atoms with E-state index >= 15 is 0 Å². The number of rotatable bonds is 3. The standard InChI is InChI=1S/C25H14FNO3/c26-16-12-10-15(11-13-16)23(28)19-20-22(27-21(19)14-6-2-1-3-7-14)25(30)18-9-5-4-8-17(18)24(20)29/h1-13,27H. The number of carbonyl (C=O) groups is 3. The maximum absolute atomic E-state index is 13.4. The lowest BCUT2D eigenvalue weighted by atomic mass is 9.84. The second kappa shape index (κ2) is 6.74. The van der Waals surface area contributed by atoms with E-state index in [4.69, 9.17) is 0 Å². The van der Waals surface area contributed by atoms with Crippen molar-refractivity contribution in [1.82, 2.24) is 4.98 Å². The number of aromatic amines is 1. The Morgan fingerprint density at radius 2 is 1.30 bits per heavy atom. The van der Waals surface area contributed by atoms with E-state index in [-0.39, 0.29) is 39.5 Å². The van der Waals surface area contributed by atoms with E-state index in [1.165, 1.54) is 24.3 Å². The Hall–Kier alpha value is -4.12. The highest BCUT2D eigenvalue weighted by Gasteiger charge is 2.37. The second-order valence-corrected chi connectivity index (χ2v) is 7.03. The summed E-state index contributed by atoms with van der Waals surface area (Å²) in [5.41, 5.74) is 2.14. The normalized spacial score (nSPS) is 12.4. The summed E-state index contributed by atoms with van der Waals surface area (Å²) >= 11 is 0. The van der Waals surface area contributed by atoms with Gasteiger partial charge in [-0.05, 0) is 29.8 Å². The Morgan fingerprint density at radius 1 is 0.700 bits per heavy atom. The van der Waals surface area contributed by atoms with Crippen molar-refractivity contribution in [2.45, 2.75) is 0 Å². The fraction of sp³-hybridized carbons (Fsp3) is 0. The monoisotopic (exact) mass is 395 g/mol. The van der Waals surface area contributed by atoms with E-state index < -0.39 is 11.6 Å². The SMILES string of the molecule is O=C1c2ccccc2C(=O)c2c1[nH]c(-c1ccccc1)c2C(=O)c1ccc(F)cc1. The zero-order valence-electron chi connectivity index (χ0n) is 15.6. The van der Waals surface area contributed by atoms with Crippen molar-refractivity contribution in [3.8, 4) is 11.3 Å². The molecule has 5 rings (SSSR count). The van der Waals surface area contributed by atoms with E-state index in [0.717, 1.165) is 0 Å². The van der Waals surface area contributed by atoms with Crippen LogP contribution in [0.4, 0.5) is 4.39 Å². The van der Waals surface area contributed by atoms with Gasteiger partial charge < -0.3 is 4.98 Å². The summed E-state index contributed by atoms with van der Waals surface area (Å²) in [6.07, 6.45) is 0. The molecule has 144 valence electrons. The molecular formula is C25H14FNO3. The van der Waals surface area contributed by atoms with Crippen LogP contribution in [-0.2, 0) is 0 Å². The number of nitrogens with one attached hydrogen (secondary N) is 1. The van der Waals surface area contributed by atoms with Crippen LogP contribution in [0.5, 0.6) is 0 Å². The lowest BCUT2D eigenvalue weighted by Gasteiger charge is -2.15. The van der Waals surface area contributed by atoms with Crippen molar-refractivity contribution >= 4 is 17.3 Å². The number of hydrogen-bond donors (Lipinski definition) is 1. The summed E-state index contributed by atoms with van der Waals surface area (Å²) in [6.45, 7) is 0. The Labute approximate surface area is 171 Å². The summed E-state index contributed by atoms with van der Waals surface area (Å²) in [6, 6.07) is 20.7. The third kappa shape index (κ3) is 2.63. The Kier molecular flexibility index (Phi) is 4.03. The van der Waals surface area contributed by atoms with Crippen LogP contribution in [-0.4, -0.2) is 22.3 Å². The van der Waals surface area contributed by atoms with E-state index in [1.807, 2.05) is 6.07 Å². The first kappa shape index (κ1) is 17.9. The van der Waals surface area contributed by atoms with Crippen molar-refractivity contribution in [3.63, 3.8) is 0 Å². The number of carbonyl (C=O) groups excluding carboxylic acids is 3. The number of aromatic nitrogens is 1. The highest BCUT2D eigenvalue weighted by Crippen LogP contribution is 2.36. The molecule has 0 unspecified atom stereocenters. The summed E-state index contributed by atoms with van der Waals surface area (Å²) in [4.78, 5) is 42.9. The largest absolute Gasteiger partial charge is 0.351 e. The summed E-state index contributed by atoms with van der Waals surface area (Å²) in [5, 5.41) is 0. The average molecular weight is 395 g/mol. The highest BCUT2D eigenvalue weighted by molar-refractivity contribution is 6.32. The summed E-state index contributed by atoms with van der Waals surface area (Å²) in [5.74, 6) is -1.64. The minimum absolute atomic E-state index is 0.0619. The fourth-order valence-electron chi connectivity index (χ4n) is 3.84. The van der Waals surface area contributed by atoms with Gasteiger partial charge in [0.2, 0.25) is 5.78 Å². The lowest BCUT2D eigenvalue weighted by molar-refractivity contribution is 0.0971. The van der Waals surface area contributed by atoms with Gasteiger partial charge >= 0.3 is 0 Å². The minimum atomic E-state index is -0.467. The molecule has 0 bridgehead atoms. The van der Waals surface area contributed by atoms with Gasteiger partial charge in [0, 0.05) is 16.7 Å². The Morgan fingerprint density at radius 3 is 1.97 bits per heavy atom. The zero-order chi connectivity index (χ0) is 20.8. The van der Waals surface area contributed by atoms with Crippen LogP contribution in [0.3, 0.4) is 0 Å². The first-order chi connectivity index (χ1) is 14.6. The Bertz CT molecular complexity index is 1330. The molecule has 1 N–H and O–H groups in total. The van der Waals surface area contributed by atoms with Gasteiger partial charge in [-0.1, -0.05) is 54.6 Å². The van der Waals surface area contributed by atoms with Gasteiger partial charge in [0.25, 0.3) is 0 Å². The van der Waals surface area contributed by atoms with Crippen LogP contribution < -0.4 is 0 Å². The van der Waals surface area contributed by atoms with Crippen molar-refractivity contribution < 1.29 is 18.8 Å². The van der Waals surface area contributed by atoms with Crippen molar-refractivity contribution in [1.29, 1.82) is 0 Å². The quantitative estimate of drug-likeness (QED) is 0.445. The molecule has 0 fully saturated rings. The predicted molar refractivity (Wildman–Crippen MR) is 109 cm³/mol. The van der Waals surface area contributed by atoms with Crippen LogP contribution in [0.2, 0.25) is 0 Å². The number of hydrogen-bond acceptors (Lipinski definition) is 3. The van der Waals surface area contributed by atoms with Crippen molar-refractivity contribution in [3.05, 3.63) is 118 Å². The highest BCUT2D eigenvalue weighted by atomic mass is 19.1. The van der Waals surface area contributed by atoms with Crippen LogP contribution in [0, 0.1) is 5.82 Å². The topological polar surface area (TPSA) is 67.0 Å². The van der Waals surface area contributed by atoms with Gasteiger partial charge in [-0.3, -0.25) is 14.4 Å². The van der Waals surface area contributed by atoms with E-state index in [9.17, 15) is 18.8 Å². The molecule has 30 heavy (non-hydrogen) atoms. The van der Waals surface area contributed by atoms with Crippen LogP contribution in [0.25, 0.3) is 11.3 Å². The van der Waals surface area contributed by atoms with Gasteiger partial charge in [-0.2, -0.15) is 0 Å². The molecule has 1 heterocycles. The van der Waals surface area contributed by atoms with Gasteiger partial charge in [0.05, 0.1) is 22.5 Å². The van der Waals surface area contributed by atoms with Gasteiger partial charge in [0.15, 0.2) is 11.6 Å². The number of ketones is 3. The fourth-order valence-corrected chi connectivity index (χ4v) is 3.84. The predicted octanol–water partition coefficient (Wildman–Crippen LogP) is 4.83. The van der Waals surface area contributed by atoms with Crippen LogP contribution in [0.15, 0.2) is 78.9 Å². The Balaban J connectivity index is 1.80. The van der Waals surface area contributed by atoms with Gasteiger partial charge in [-0.25, -0.2) is 4.39 Å². The smallest absolute Gasteiger partial charge is 0.210 e. The molecule has 5 heteroatoms. The van der Waals surface area contributed by atoms with E-state index in [1.54, 1.807) is 48.5 Å². The van der Waals surface area contributed by atoms with Crippen molar-refractivity contribution in [2.75, 3.05) is 0 Å². The number of fused-ring (bicyclic) bond motifs is 2. The molecule has 3 aromatic carbocycles. The first-order valence-electron chi connectivity index (χ1n) is 9.36. The third-order valence-electron chi connectivity index (χ3n) is 5.27. The van der Waals surface area contributed by atoms with E-state index in [2.05, 4.69) is 4.98 Å². The average Bonchev–Trinajstić information content (AvgIpc) is 3.19. The maximum Gasteiger partial charge on any atom is 0.210 e. The van der Waals surface area contributed by atoms with Crippen LogP contribution in [0.1, 0.15) is 47.9 Å². The van der Waals surface area contributed by atoms with Crippen molar-refractivity contribution in [2.24, 2.45) is 0 Å². The third-order valence-corrected chi connectivity index (χ3v) is 5.27. The van der Waals surface area contributed by atoms with Gasteiger partial charge in [0.1, 0.15) is 5.82 Å². The molecule has 4 nitrogen and oxygen atoms in total. The lowest BCUT2D eigenvalue weighted by Crippen LogP contribution is -2.22. The minimum Gasteiger partial charge on any atom is -0.351 e. The molecule has 0 atom stereocenters. The molecule has 1 aliphatic carbocycles. The van der Waals surface area contributed by atoms with E-state index in [0.29, 0.717) is 16.8 Å². The molecule has 0 radical (unpaired) electrons. The van der Waals surface area contributed by atoms with Gasteiger partial charge in [-0.15, -0.1) is 0 Å². The molecular weight excluding hydrogens is 381 g/mol. The molecule has 0 amide bonds. The molecule has 4 aromatic rings. The molecule has 0 aliphatic heterocycles. The van der Waals surface area contributed by atoms with Crippen LogP contribution >= 0.6 is 0 Å².